The summed E-state index contributed by atoms with van der Waals surface area (Å²) in [6.45, 7) is 7.20. The molecule has 19 heavy (non-hydrogen) atoms. The third-order valence-corrected chi connectivity index (χ3v) is 3.61. The van der Waals surface area contributed by atoms with Crippen LogP contribution in [0.2, 0.25) is 0 Å². The van der Waals surface area contributed by atoms with Gasteiger partial charge in [0.1, 0.15) is 0 Å². The fourth-order valence-electron chi connectivity index (χ4n) is 2.60. The summed E-state index contributed by atoms with van der Waals surface area (Å²) in [5, 5.41) is 3.43. The van der Waals surface area contributed by atoms with Gasteiger partial charge in [-0.05, 0) is 43.5 Å². The number of anilines is 1. The van der Waals surface area contributed by atoms with Gasteiger partial charge in [-0.15, -0.1) is 0 Å². The summed E-state index contributed by atoms with van der Waals surface area (Å²) in [5.41, 5.74) is 2.41. The first kappa shape index (κ1) is 14.1. The van der Waals surface area contributed by atoms with E-state index >= 15 is 0 Å². The van der Waals surface area contributed by atoms with Gasteiger partial charge in [-0.2, -0.15) is 0 Å². The molecule has 1 heterocycles. The molecule has 0 saturated carbocycles. The molecule has 0 bridgehead atoms. The Bertz CT molecular complexity index is 431. The SMILES string of the molecule is CCCNCC(C)CN1C(=O)CCc2ccccc21. The van der Waals surface area contributed by atoms with Gasteiger partial charge in [0.05, 0.1) is 0 Å². The Morgan fingerprint density at radius 1 is 1.32 bits per heavy atom. The first-order valence-corrected chi connectivity index (χ1v) is 7.31. The molecule has 0 saturated heterocycles. The van der Waals surface area contributed by atoms with Crippen LogP contribution in [-0.2, 0) is 11.2 Å². The van der Waals surface area contributed by atoms with Crippen LogP contribution >= 0.6 is 0 Å². The Balaban J connectivity index is 2.01. The summed E-state index contributed by atoms with van der Waals surface area (Å²) in [6.07, 6.45) is 2.68. The standard InChI is InChI=1S/C16H24N2O/c1-3-10-17-11-13(2)12-18-15-7-5-4-6-14(15)8-9-16(18)19/h4-7,13,17H,3,8-12H2,1-2H3. The van der Waals surface area contributed by atoms with Gasteiger partial charge in [-0.25, -0.2) is 0 Å². The zero-order chi connectivity index (χ0) is 13.7. The molecule has 0 spiro atoms. The topological polar surface area (TPSA) is 32.3 Å². The maximum absolute atomic E-state index is 12.1. The highest BCUT2D eigenvalue weighted by atomic mass is 16.2. The van der Waals surface area contributed by atoms with Crippen molar-refractivity contribution in [3.8, 4) is 0 Å². The number of para-hydroxylation sites is 1. The lowest BCUT2D eigenvalue weighted by atomic mass is 10.00. The minimum absolute atomic E-state index is 0.265. The fraction of sp³-hybridized carbons (Fsp3) is 0.562. The van der Waals surface area contributed by atoms with Crippen molar-refractivity contribution >= 4 is 11.6 Å². The average molecular weight is 260 g/mol. The molecule has 3 nitrogen and oxygen atoms in total. The van der Waals surface area contributed by atoms with Crippen molar-refractivity contribution in [1.82, 2.24) is 5.32 Å². The van der Waals surface area contributed by atoms with Crippen LogP contribution < -0.4 is 10.2 Å². The molecule has 0 aromatic heterocycles. The van der Waals surface area contributed by atoms with Gasteiger partial charge in [-0.3, -0.25) is 4.79 Å². The zero-order valence-electron chi connectivity index (χ0n) is 12.0. The molecule has 1 amide bonds. The summed E-state index contributed by atoms with van der Waals surface area (Å²) in [4.78, 5) is 14.1. The molecule has 104 valence electrons. The molecular formula is C16H24N2O. The van der Waals surface area contributed by atoms with E-state index < -0.39 is 0 Å². The highest BCUT2D eigenvalue weighted by molar-refractivity contribution is 5.96. The minimum Gasteiger partial charge on any atom is -0.316 e. The first-order valence-electron chi connectivity index (χ1n) is 7.31. The molecule has 1 aromatic rings. The average Bonchev–Trinajstić information content (AvgIpc) is 2.42. The van der Waals surface area contributed by atoms with E-state index in [1.807, 2.05) is 11.0 Å². The lowest BCUT2D eigenvalue weighted by Crippen LogP contribution is -2.40. The number of amides is 1. The summed E-state index contributed by atoms with van der Waals surface area (Å²) in [5.74, 6) is 0.739. The highest BCUT2D eigenvalue weighted by Gasteiger charge is 2.24. The smallest absolute Gasteiger partial charge is 0.227 e. The van der Waals surface area contributed by atoms with E-state index in [-0.39, 0.29) is 5.91 Å². The normalized spacial score (nSPS) is 16.3. The van der Waals surface area contributed by atoms with E-state index in [0.717, 1.165) is 38.2 Å². The largest absolute Gasteiger partial charge is 0.316 e. The molecule has 1 N–H and O–H groups in total. The van der Waals surface area contributed by atoms with Crippen LogP contribution in [-0.4, -0.2) is 25.5 Å². The molecule has 0 fully saturated rings. The number of hydrogen-bond acceptors (Lipinski definition) is 2. The van der Waals surface area contributed by atoms with Gasteiger partial charge in [0.2, 0.25) is 5.91 Å². The Morgan fingerprint density at radius 3 is 2.89 bits per heavy atom. The maximum atomic E-state index is 12.1. The van der Waals surface area contributed by atoms with Crippen LogP contribution in [0.25, 0.3) is 0 Å². The van der Waals surface area contributed by atoms with Gasteiger partial charge >= 0.3 is 0 Å². The molecular weight excluding hydrogens is 236 g/mol. The van der Waals surface area contributed by atoms with E-state index in [9.17, 15) is 4.79 Å². The lowest BCUT2D eigenvalue weighted by molar-refractivity contribution is -0.119. The fourth-order valence-corrected chi connectivity index (χ4v) is 2.60. The van der Waals surface area contributed by atoms with Gasteiger partial charge in [-0.1, -0.05) is 32.0 Å². The van der Waals surface area contributed by atoms with Crippen molar-refractivity contribution in [2.75, 3.05) is 24.5 Å². The summed E-state index contributed by atoms with van der Waals surface area (Å²) in [6, 6.07) is 8.27. The van der Waals surface area contributed by atoms with Crippen molar-refractivity contribution in [3.63, 3.8) is 0 Å². The summed E-state index contributed by atoms with van der Waals surface area (Å²) in [7, 11) is 0. The van der Waals surface area contributed by atoms with Crippen LogP contribution in [0.5, 0.6) is 0 Å². The summed E-state index contributed by atoms with van der Waals surface area (Å²) < 4.78 is 0. The number of rotatable bonds is 6. The van der Waals surface area contributed by atoms with Gasteiger partial charge in [0.15, 0.2) is 0 Å². The predicted molar refractivity (Wildman–Crippen MR) is 79.4 cm³/mol. The van der Waals surface area contributed by atoms with Crippen molar-refractivity contribution in [2.24, 2.45) is 5.92 Å². The Labute approximate surface area is 116 Å². The number of hydrogen-bond donors (Lipinski definition) is 1. The lowest BCUT2D eigenvalue weighted by Gasteiger charge is -2.31. The third-order valence-electron chi connectivity index (χ3n) is 3.61. The number of fused-ring (bicyclic) bond motifs is 1. The van der Waals surface area contributed by atoms with E-state index in [1.54, 1.807) is 0 Å². The predicted octanol–water partition coefficient (Wildman–Crippen LogP) is 2.60. The van der Waals surface area contributed by atoms with Crippen LogP contribution in [0, 0.1) is 5.92 Å². The molecule has 1 aliphatic rings. The van der Waals surface area contributed by atoms with E-state index in [1.165, 1.54) is 5.56 Å². The van der Waals surface area contributed by atoms with E-state index in [0.29, 0.717) is 12.3 Å². The Hall–Kier alpha value is -1.35. The van der Waals surface area contributed by atoms with Crippen molar-refractivity contribution in [3.05, 3.63) is 29.8 Å². The molecule has 1 aliphatic heterocycles. The molecule has 1 unspecified atom stereocenters. The molecule has 2 rings (SSSR count). The molecule has 3 heteroatoms. The Kier molecular flexibility index (Phi) is 4.97. The van der Waals surface area contributed by atoms with Gasteiger partial charge < -0.3 is 10.2 Å². The molecule has 0 aliphatic carbocycles. The maximum Gasteiger partial charge on any atom is 0.227 e. The van der Waals surface area contributed by atoms with Crippen LogP contribution in [0.3, 0.4) is 0 Å². The zero-order valence-corrected chi connectivity index (χ0v) is 12.0. The van der Waals surface area contributed by atoms with Gasteiger partial charge in [0, 0.05) is 18.7 Å². The molecule has 1 aromatic carbocycles. The highest BCUT2D eigenvalue weighted by Crippen LogP contribution is 2.27. The second kappa shape index (κ2) is 6.71. The number of benzene rings is 1. The number of aryl methyl sites for hydroxylation is 1. The number of carbonyl (C=O) groups is 1. The first-order chi connectivity index (χ1) is 9.22. The molecule has 1 atom stereocenters. The number of carbonyl (C=O) groups excluding carboxylic acids is 1. The monoisotopic (exact) mass is 260 g/mol. The third kappa shape index (κ3) is 3.57. The van der Waals surface area contributed by atoms with Gasteiger partial charge in [0.25, 0.3) is 0 Å². The minimum atomic E-state index is 0.265. The molecule has 0 radical (unpaired) electrons. The quantitative estimate of drug-likeness (QED) is 0.797. The summed E-state index contributed by atoms with van der Waals surface area (Å²) >= 11 is 0. The van der Waals surface area contributed by atoms with Crippen molar-refractivity contribution in [1.29, 1.82) is 0 Å². The second-order valence-electron chi connectivity index (χ2n) is 5.44. The van der Waals surface area contributed by atoms with Crippen LogP contribution in [0.15, 0.2) is 24.3 Å². The van der Waals surface area contributed by atoms with Crippen molar-refractivity contribution in [2.45, 2.75) is 33.1 Å². The van der Waals surface area contributed by atoms with Crippen LogP contribution in [0.1, 0.15) is 32.3 Å². The Morgan fingerprint density at radius 2 is 2.11 bits per heavy atom. The number of nitrogens with one attached hydrogen (secondary N) is 1. The second-order valence-corrected chi connectivity index (χ2v) is 5.44. The number of nitrogens with zero attached hydrogens (tertiary/aromatic N) is 1. The van der Waals surface area contributed by atoms with E-state index in [2.05, 4.69) is 37.4 Å². The van der Waals surface area contributed by atoms with E-state index in [4.69, 9.17) is 0 Å². The van der Waals surface area contributed by atoms with Crippen LogP contribution in [0.4, 0.5) is 5.69 Å². The van der Waals surface area contributed by atoms with Crippen molar-refractivity contribution < 1.29 is 4.79 Å².